The van der Waals surface area contributed by atoms with Gasteiger partial charge < -0.3 is 9.47 Å². The van der Waals surface area contributed by atoms with Crippen LogP contribution in [-0.4, -0.2) is 32.1 Å². The van der Waals surface area contributed by atoms with Crippen LogP contribution in [0, 0.1) is 12.5 Å². The summed E-state index contributed by atoms with van der Waals surface area (Å²) in [5, 5.41) is 0. The number of nitrogens with zero attached hydrogens (tertiary/aromatic N) is 1. The summed E-state index contributed by atoms with van der Waals surface area (Å²) in [4.78, 5) is 28.2. The van der Waals surface area contributed by atoms with E-state index in [0.717, 1.165) is 7.11 Å². The van der Waals surface area contributed by atoms with Crippen LogP contribution in [0.25, 0.3) is 4.85 Å². The molecule has 8 heteroatoms. The van der Waals surface area contributed by atoms with Gasteiger partial charge in [0.05, 0.1) is 14.2 Å². The number of ketones is 1. The average molecular weight is 405 g/mol. The second kappa shape index (κ2) is 8.78. The fraction of sp³-hybridized carbons (Fsp3) is 0.286. The molecule has 2 rings (SSSR count). The molecule has 0 aliphatic carbocycles. The van der Waals surface area contributed by atoms with Gasteiger partial charge in [0.1, 0.15) is 5.75 Å². The number of halogens is 3. The molecule has 0 N–H and O–H groups in total. The van der Waals surface area contributed by atoms with Crippen LogP contribution >= 0.6 is 0 Å². The van der Waals surface area contributed by atoms with Crippen LogP contribution in [0.2, 0.25) is 0 Å². The number of methoxy groups -OCH3 is 2. The van der Waals surface area contributed by atoms with Crippen LogP contribution in [-0.2, 0) is 15.1 Å². The van der Waals surface area contributed by atoms with E-state index in [2.05, 4.69) is 9.58 Å². The van der Waals surface area contributed by atoms with E-state index in [1.165, 1.54) is 55.6 Å². The van der Waals surface area contributed by atoms with Gasteiger partial charge in [-0.05, 0) is 24.3 Å². The number of esters is 1. The zero-order valence-corrected chi connectivity index (χ0v) is 15.7. The minimum atomic E-state index is -5.02. The van der Waals surface area contributed by atoms with Crippen LogP contribution in [0.5, 0.6) is 5.75 Å². The monoisotopic (exact) mass is 405 g/mol. The quantitative estimate of drug-likeness (QED) is 0.388. The highest BCUT2D eigenvalue weighted by molar-refractivity contribution is 5.97. The number of rotatable bonds is 7. The number of Topliss-reactive ketones (excluding diaryl/α,β-unsaturated/α-hetero) is 1. The van der Waals surface area contributed by atoms with Crippen molar-refractivity contribution in [1.82, 2.24) is 0 Å². The van der Waals surface area contributed by atoms with Crippen molar-refractivity contribution in [2.75, 3.05) is 14.2 Å². The van der Waals surface area contributed by atoms with Crippen LogP contribution in [0.4, 0.5) is 13.2 Å². The summed E-state index contributed by atoms with van der Waals surface area (Å²) in [6.45, 7) is 7.52. The number of carbonyl (C=O) groups excluding carboxylic acids is 2. The molecule has 0 saturated heterocycles. The highest BCUT2D eigenvalue weighted by atomic mass is 19.4. The van der Waals surface area contributed by atoms with Crippen molar-refractivity contribution in [3.63, 3.8) is 0 Å². The number of alkyl halides is 3. The number of carbonyl (C=O) groups is 2. The van der Waals surface area contributed by atoms with Gasteiger partial charge in [0.15, 0.2) is 11.7 Å². The van der Waals surface area contributed by atoms with Gasteiger partial charge in [-0.15, -0.1) is 0 Å². The largest absolute Gasteiger partial charge is 0.497 e. The predicted octanol–water partition coefficient (Wildman–Crippen LogP) is 4.43. The van der Waals surface area contributed by atoms with Crippen molar-refractivity contribution in [1.29, 1.82) is 0 Å². The molecule has 0 bridgehead atoms. The van der Waals surface area contributed by atoms with Gasteiger partial charge in [-0.1, -0.05) is 30.3 Å². The molecule has 0 spiro atoms. The molecule has 0 aliphatic rings. The summed E-state index contributed by atoms with van der Waals surface area (Å²) in [7, 11) is 2.27. The van der Waals surface area contributed by atoms with Gasteiger partial charge >= 0.3 is 17.7 Å². The normalized spacial score (nSPS) is 14.2. The van der Waals surface area contributed by atoms with E-state index < -0.39 is 35.8 Å². The third-order valence-electron chi connectivity index (χ3n) is 4.59. The average Bonchev–Trinajstić information content (AvgIpc) is 2.73. The standard InChI is InChI=1S/C21H18F3NO4/c1-25-20(19(27)29-3,15-9-11-16(28-2)12-10-15)18(21(22,23)24)13-17(26)14-7-5-4-6-8-14/h4-12,18H,13H2,2-3H3/t18-,20-/m0/s1. The Hall–Kier alpha value is -3.34. The van der Waals surface area contributed by atoms with Crippen LogP contribution in [0.1, 0.15) is 22.3 Å². The van der Waals surface area contributed by atoms with Gasteiger partial charge in [0.25, 0.3) is 0 Å². The molecule has 29 heavy (non-hydrogen) atoms. The lowest BCUT2D eigenvalue weighted by Crippen LogP contribution is -2.48. The molecular weight excluding hydrogens is 387 g/mol. The van der Waals surface area contributed by atoms with E-state index in [9.17, 15) is 22.8 Å². The molecule has 0 aromatic heterocycles. The van der Waals surface area contributed by atoms with E-state index in [1.54, 1.807) is 6.07 Å². The minimum absolute atomic E-state index is 0.0558. The molecule has 2 aromatic rings. The summed E-state index contributed by atoms with van der Waals surface area (Å²) in [5.41, 5.74) is -2.95. The molecule has 0 fully saturated rings. The first-order chi connectivity index (χ1) is 13.7. The fourth-order valence-corrected chi connectivity index (χ4v) is 3.08. The first-order valence-electron chi connectivity index (χ1n) is 8.47. The molecular formula is C21H18F3NO4. The SMILES string of the molecule is [C-]#[N+][C@@](C(=O)OC)(c1ccc(OC)cc1)[C@H](CC(=O)c1ccccc1)C(F)(F)F. The number of hydrogen-bond donors (Lipinski definition) is 0. The first kappa shape index (κ1) is 22.0. The van der Waals surface area contributed by atoms with Crippen molar-refractivity contribution in [2.45, 2.75) is 18.1 Å². The van der Waals surface area contributed by atoms with Crippen molar-refractivity contribution in [3.8, 4) is 5.75 Å². The molecule has 2 atom stereocenters. The van der Waals surface area contributed by atoms with Crippen LogP contribution in [0.3, 0.4) is 0 Å². The highest BCUT2D eigenvalue weighted by Gasteiger charge is 2.66. The summed E-state index contributed by atoms with van der Waals surface area (Å²) in [6, 6.07) is 12.5. The minimum Gasteiger partial charge on any atom is -0.497 e. The van der Waals surface area contributed by atoms with Crippen LogP contribution < -0.4 is 4.74 Å². The molecule has 2 aromatic carbocycles. The fourth-order valence-electron chi connectivity index (χ4n) is 3.08. The number of benzene rings is 2. The number of ether oxygens (including phenoxy) is 2. The van der Waals surface area contributed by atoms with E-state index in [4.69, 9.17) is 11.3 Å². The van der Waals surface area contributed by atoms with Gasteiger partial charge in [-0.2, -0.15) is 13.2 Å². The Morgan fingerprint density at radius 1 is 1.03 bits per heavy atom. The van der Waals surface area contributed by atoms with E-state index in [-0.39, 0.29) is 11.1 Å². The molecule has 5 nitrogen and oxygen atoms in total. The van der Waals surface area contributed by atoms with E-state index >= 15 is 0 Å². The molecule has 0 aliphatic heterocycles. The summed E-state index contributed by atoms with van der Waals surface area (Å²) in [6.07, 6.45) is -6.11. The first-order valence-corrected chi connectivity index (χ1v) is 8.47. The maximum absolute atomic E-state index is 14.1. The lowest BCUT2D eigenvalue weighted by molar-refractivity contribution is -0.197. The Morgan fingerprint density at radius 2 is 1.62 bits per heavy atom. The van der Waals surface area contributed by atoms with E-state index in [0.29, 0.717) is 5.75 Å². The lowest BCUT2D eigenvalue weighted by Gasteiger charge is -2.30. The maximum atomic E-state index is 14.1. The van der Waals surface area contributed by atoms with Gasteiger partial charge in [-0.3, -0.25) is 9.64 Å². The van der Waals surface area contributed by atoms with Crippen molar-refractivity contribution in [3.05, 3.63) is 77.1 Å². The Balaban J connectivity index is 2.63. The molecule has 0 unspecified atom stereocenters. The molecule has 0 amide bonds. The number of hydrogen-bond acceptors (Lipinski definition) is 4. The van der Waals surface area contributed by atoms with Gasteiger partial charge in [0, 0.05) is 17.5 Å². The topological polar surface area (TPSA) is 57.0 Å². The Labute approximate surface area is 165 Å². The van der Waals surface area contributed by atoms with Crippen molar-refractivity contribution < 1.29 is 32.2 Å². The zero-order valence-electron chi connectivity index (χ0n) is 15.7. The highest BCUT2D eigenvalue weighted by Crippen LogP contribution is 2.47. The summed E-state index contributed by atoms with van der Waals surface area (Å²) >= 11 is 0. The second-order valence-electron chi connectivity index (χ2n) is 6.19. The Morgan fingerprint density at radius 3 is 2.07 bits per heavy atom. The summed E-state index contributed by atoms with van der Waals surface area (Å²) < 4.78 is 51.8. The third-order valence-corrected chi connectivity index (χ3v) is 4.59. The smallest absolute Gasteiger partial charge is 0.401 e. The third kappa shape index (κ3) is 4.40. The maximum Gasteiger partial charge on any atom is 0.401 e. The van der Waals surface area contributed by atoms with Crippen LogP contribution in [0.15, 0.2) is 54.6 Å². The Kier molecular flexibility index (Phi) is 6.64. The zero-order chi connectivity index (χ0) is 21.7. The van der Waals surface area contributed by atoms with Crippen molar-refractivity contribution >= 4 is 11.8 Å². The molecule has 0 saturated carbocycles. The van der Waals surface area contributed by atoms with Crippen molar-refractivity contribution in [2.24, 2.45) is 5.92 Å². The molecule has 0 radical (unpaired) electrons. The molecule has 0 heterocycles. The summed E-state index contributed by atoms with van der Waals surface area (Å²) in [5.74, 6) is -4.50. The van der Waals surface area contributed by atoms with Gasteiger partial charge in [0.2, 0.25) is 0 Å². The molecule has 152 valence electrons. The Bertz CT molecular complexity index is 904. The lowest BCUT2D eigenvalue weighted by atomic mass is 9.75. The van der Waals surface area contributed by atoms with Gasteiger partial charge in [-0.25, -0.2) is 11.4 Å². The second-order valence-corrected chi connectivity index (χ2v) is 6.19. The van der Waals surface area contributed by atoms with E-state index in [1.807, 2.05) is 0 Å². The predicted molar refractivity (Wildman–Crippen MR) is 98.2 cm³/mol.